The van der Waals surface area contributed by atoms with Crippen molar-refractivity contribution in [2.24, 2.45) is 0 Å². The third-order valence-corrected chi connectivity index (χ3v) is 7.77. The van der Waals surface area contributed by atoms with Crippen molar-refractivity contribution in [2.45, 2.75) is 37.7 Å². The normalized spacial score (nSPS) is 18.1. The number of likely N-dealkylation sites (tertiary alicyclic amines) is 1. The van der Waals surface area contributed by atoms with Crippen LogP contribution in [0.15, 0.2) is 48.8 Å². The molecule has 0 radical (unpaired) electrons. The van der Waals surface area contributed by atoms with Crippen LogP contribution in [-0.2, 0) is 18.4 Å². The zero-order chi connectivity index (χ0) is 20.0. The molecule has 2 aliphatic rings. The average Bonchev–Trinajstić information content (AvgIpc) is 3.45. The lowest BCUT2D eigenvalue weighted by atomic mass is 9.84. The van der Waals surface area contributed by atoms with E-state index in [9.17, 15) is 9.90 Å². The second-order valence-corrected chi connectivity index (χ2v) is 9.48. The molecule has 6 heteroatoms. The molecular formula is C23H23ClN2O2S. The molecule has 0 atom stereocenters. The largest absolute Gasteiger partial charge is 0.385 e. The molecule has 150 valence electrons. The van der Waals surface area contributed by atoms with E-state index in [1.807, 2.05) is 53.7 Å². The number of carbonyl (C=O) groups excluding carboxylic acids is 1. The zero-order valence-electron chi connectivity index (χ0n) is 16.1. The summed E-state index contributed by atoms with van der Waals surface area (Å²) in [5.74, 6) is 0.103. The number of thiophene rings is 1. The van der Waals surface area contributed by atoms with Crippen molar-refractivity contribution in [3.8, 4) is 5.00 Å². The highest BCUT2D eigenvalue weighted by atomic mass is 35.5. The number of aliphatic hydroxyl groups is 1. The Morgan fingerprint density at radius 3 is 2.45 bits per heavy atom. The number of piperidine rings is 1. The molecule has 0 spiro atoms. The molecular weight excluding hydrogens is 404 g/mol. The lowest BCUT2D eigenvalue weighted by Gasteiger charge is -2.38. The monoisotopic (exact) mass is 426 g/mol. The number of halogens is 1. The lowest BCUT2D eigenvalue weighted by molar-refractivity contribution is -0.0211. The summed E-state index contributed by atoms with van der Waals surface area (Å²) >= 11 is 7.74. The van der Waals surface area contributed by atoms with Crippen LogP contribution in [0, 0.1) is 0 Å². The van der Waals surface area contributed by atoms with Crippen molar-refractivity contribution in [1.29, 1.82) is 0 Å². The van der Waals surface area contributed by atoms with Crippen LogP contribution in [0.2, 0.25) is 5.02 Å². The first-order valence-electron chi connectivity index (χ1n) is 10.1. The molecule has 1 fully saturated rings. The first-order valence-corrected chi connectivity index (χ1v) is 11.3. The van der Waals surface area contributed by atoms with Crippen LogP contribution < -0.4 is 0 Å². The molecule has 1 aliphatic carbocycles. The third-order valence-electron chi connectivity index (χ3n) is 6.21. The van der Waals surface area contributed by atoms with Gasteiger partial charge in [-0.25, -0.2) is 0 Å². The Morgan fingerprint density at radius 1 is 1.07 bits per heavy atom. The topological polar surface area (TPSA) is 45.5 Å². The number of aromatic nitrogens is 1. The Hall–Kier alpha value is -2.08. The molecule has 0 unspecified atom stereocenters. The quantitative estimate of drug-likeness (QED) is 0.653. The lowest BCUT2D eigenvalue weighted by Crippen LogP contribution is -2.45. The number of hydrogen-bond donors (Lipinski definition) is 1. The van der Waals surface area contributed by atoms with Crippen molar-refractivity contribution in [3.05, 3.63) is 75.4 Å². The minimum Gasteiger partial charge on any atom is -0.385 e. The molecule has 1 saturated heterocycles. The number of nitrogens with zero attached hydrogens (tertiary/aromatic N) is 2. The summed E-state index contributed by atoms with van der Waals surface area (Å²) in [5.41, 5.74) is 2.08. The highest BCUT2D eigenvalue weighted by Crippen LogP contribution is 2.40. The number of aryl methyl sites for hydroxylation is 1. The molecule has 5 rings (SSSR count). The van der Waals surface area contributed by atoms with E-state index in [1.54, 1.807) is 11.3 Å². The number of carbonyl (C=O) groups is 1. The van der Waals surface area contributed by atoms with Gasteiger partial charge < -0.3 is 14.6 Å². The van der Waals surface area contributed by atoms with Gasteiger partial charge in [0.25, 0.3) is 5.91 Å². The van der Waals surface area contributed by atoms with E-state index in [-0.39, 0.29) is 5.91 Å². The van der Waals surface area contributed by atoms with Crippen molar-refractivity contribution in [1.82, 2.24) is 9.47 Å². The predicted octanol–water partition coefficient (Wildman–Crippen LogP) is 4.80. The minimum atomic E-state index is -0.902. The Labute approximate surface area is 179 Å². The number of hydrogen-bond acceptors (Lipinski definition) is 3. The highest BCUT2D eigenvalue weighted by Gasteiger charge is 2.37. The van der Waals surface area contributed by atoms with E-state index < -0.39 is 5.60 Å². The summed E-state index contributed by atoms with van der Waals surface area (Å²) in [6.45, 7) is 1.10. The van der Waals surface area contributed by atoms with Gasteiger partial charge in [-0.1, -0.05) is 23.7 Å². The second-order valence-electron chi connectivity index (χ2n) is 7.96. The first-order chi connectivity index (χ1) is 14.0. The fourth-order valence-electron chi connectivity index (χ4n) is 4.55. The summed E-state index contributed by atoms with van der Waals surface area (Å²) in [4.78, 5) is 16.8. The van der Waals surface area contributed by atoms with E-state index >= 15 is 0 Å². The Bertz CT molecular complexity index is 1030. The molecule has 3 aromatic rings. The molecule has 0 saturated carbocycles. The van der Waals surface area contributed by atoms with Crippen LogP contribution in [0.1, 0.15) is 45.6 Å². The van der Waals surface area contributed by atoms with Crippen LogP contribution in [0.25, 0.3) is 5.00 Å². The summed E-state index contributed by atoms with van der Waals surface area (Å²) in [6.07, 6.45) is 8.26. The van der Waals surface area contributed by atoms with Crippen LogP contribution in [0.5, 0.6) is 0 Å². The van der Waals surface area contributed by atoms with Gasteiger partial charge in [0, 0.05) is 35.4 Å². The SMILES string of the molecule is O=C(c1c(-n2cccc2)sc2c1CCC2)N1CCC(O)(c2ccc(Cl)cc2)CC1. The Kier molecular flexibility index (Phi) is 4.77. The molecule has 1 amide bonds. The number of fused-ring (bicyclic) bond motifs is 1. The summed E-state index contributed by atoms with van der Waals surface area (Å²) in [7, 11) is 0. The van der Waals surface area contributed by atoms with Crippen LogP contribution in [0.3, 0.4) is 0 Å². The average molecular weight is 427 g/mol. The van der Waals surface area contributed by atoms with Crippen LogP contribution in [0.4, 0.5) is 0 Å². The number of benzene rings is 1. The van der Waals surface area contributed by atoms with E-state index in [0.29, 0.717) is 31.0 Å². The van der Waals surface area contributed by atoms with Crippen LogP contribution >= 0.6 is 22.9 Å². The molecule has 2 aromatic heterocycles. The molecule has 3 heterocycles. The van der Waals surface area contributed by atoms with Gasteiger partial charge >= 0.3 is 0 Å². The highest BCUT2D eigenvalue weighted by molar-refractivity contribution is 7.15. The van der Waals surface area contributed by atoms with Gasteiger partial charge in [-0.2, -0.15) is 0 Å². The van der Waals surface area contributed by atoms with Crippen molar-refractivity contribution in [3.63, 3.8) is 0 Å². The maximum absolute atomic E-state index is 13.5. The van der Waals surface area contributed by atoms with E-state index in [2.05, 4.69) is 4.57 Å². The summed E-state index contributed by atoms with van der Waals surface area (Å²) in [5, 5.41) is 12.8. The fraction of sp³-hybridized carbons (Fsp3) is 0.348. The summed E-state index contributed by atoms with van der Waals surface area (Å²) < 4.78 is 2.06. The first kappa shape index (κ1) is 18.9. The molecule has 1 N–H and O–H groups in total. The molecule has 0 bridgehead atoms. The third kappa shape index (κ3) is 3.31. The van der Waals surface area contributed by atoms with Gasteiger partial charge in [-0.15, -0.1) is 11.3 Å². The van der Waals surface area contributed by atoms with Crippen molar-refractivity contribution >= 4 is 28.8 Å². The Balaban J connectivity index is 1.40. The molecule has 4 nitrogen and oxygen atoms in total. The van der Waals surface area contributed by atoms with Crippen molar-refractivity contribution in [2.75, 3.05) is 13.1 Å². The molecule has 1 aromatic carbocycles. The van der Waals surface area contributed by atoms with E-state index in [4.69, 9.17) is 11.6 Å². The van der Waals surface area contributed by atoms with Gasteiger partial charge in [0.05, 0.1) is 11.2 Å². The van der Waals surface area contributed by atoms with Gasteiger partial charge in [0.2, 0.25) is 0 Å². The maximum Gasteiger partial charge on any atom is 0.257 e. The van der Waals surface area contributed by atoms with Crippen LogP contribution in [-0.4, -0.2) is 33.6 Å². The second kappa shape index (κ2) is 7.31. The zero-order valence-corrected chi connectivity index (χ0v) is 17.7. The molecule has 1 aliphatic heterocycles. The smallest absolute Gasteiger partial charge is 0.257 e. The van der Waals surface area contributed by atoms with Gasteiger partial charge in [0.1, 0.15) is 5.00 Å². The Morgan fingerprint density at radius 2 is 1.76 bits per heavy atom. The maximum atomic E-state index is 13.5. The number of rotatable bonds is 3. The molecule has 29 heavy (non-hydrogen) atoms. The number of amides is 1. The van der Waals surface area contributed by atoms with Gasteiger partial charge in [0.15, 0.2) is 0 Å². The van der Waals surface area contributed by atoms with Crippen molar-refractivity contribution < 1.29 is 9.90 Å². The van der Waals surface area contributed by atoms with Gasteiger partial charge in [-0.05, 0) is 67.5 Å². The van der Waals surface area contributed by atoms with Gasteiger partial charge in [-0.3, -0.25) is 4.79 Å². The minimum absolute atomic E-state index is 0.103. The summed E-state index contributed by atoms with van der Waals surface area (Å²) in [6, 6.07) is 11.4. The fourth-order valence-corrected chi connectivity index (χ4v) is 6.02. The van der Waals surface area contributed by atoms with E-state index in [1.165, 1.54) is 10.4 Å². The predicted molar refractivity (Wildman–Crippen MR) is 116 cm³/mol. The van der Waals surface area contributed by atoms with E-state index in [0.717, 1.165) is 35.4 Å². The standard InChI is InChI=1S/C23H23ClN2O2S/c24-17-8-6-16(7-9-17)23(28)10-14-25(15-11-23)21(27)20-18-4-3-5-19(18)29-22(20)26-12-1-2-13-26/h1-2,6-9,12-13,28H,3-5,10-11,14-15H2.